The number of para-hydroxylation sites is 1. The molecular formula is C17H22N2O. The van der Waals surface area contributed by atoms with Crippen LogP contribution >= 0.6 is 0 Å². The SMILES string of the molecule is CCC1(CC)CCN(C(=O)c2c[nH]c3ccccc23)C1. The molecule has 1 fully saturated rings. The maximum absolute atomic E-state index is 12.7. The highest BCUT2D eigenvalue weighted by molar-refractivity contribution is 6.06. The molecule has 1 aromatic heterocycles. The highest BCUT2D eigenvalue weighted by atomic mass is 16.2. The first kappa shape index (κ1) is 13.2. The number of amides is 1. The number of nitrogens with zero attached hydrogens (tertiary/aromatic N) is 1. The van der Waals surface area contributed by atoms with Gasteiger partial charge < -0.3 is 9.88 Å². The van der Waals surface area contributed by atoms with E-state index in [0.29, 0.717) is 5.41 Å². The zero-order chi connectivity index (χ0) is 14.2. The molecule has 0 radical (unpaired) electrons. The Balaban J connectivity index is 1.87. The fourth-order valence-electron chi connectivity index (χ4n) is 3.35. The largest absolute Gasteiger partial charge is 0.360 e. The molecule has 3 nitrogen and oxygen atoms in total. The second kappa shape index (κ2) is 4.97. The molecule has 3 heteroatoms. The summed E-state index contributed by atoms with van der Waals surface area (Å²) in [4.78, 5) is 18.0. The lowest BCUT2D eigenvalue weighted by molar-refractivity contribution is 0.0772. The summed E-state index contributed by atoms with van der Waals surface area (Å²) < 4.78 is 0. The zero-order valence-corrected chi connectivity index (χ0v) is 12.3. The van der Waals surface area contributed by atoms with E-state index in [1.165, 1.54) is 0 Å². The Bertz CT molecular complexity index is 625. The zero-order valence-electron chi connectivity index (χ0n) is 12.3. The summed E-state index contributed by atoms with van der Waals surface area (Å²) in [7, 11) is 0. The summed E-state index contributed by atoms with van der Waals surface area (Å²) in [5.41, 5.74) is 2.18. The first-order chi connectivity index (χ1) is 9.69. The lowest BCUT2D eigenvalue weighted by Crippen LogP contribution is -2.31. The molecular weight excluding hydrogens is 248 g/mol. The van der Waals surface area contributed by atoms with Crippen molar-refractivity contribution < 1.29 is 4.79 Å². The van der Waals surface area contributed by atoms with Gasteiger partial charge in [0.25, 0.3) is 5.91 Å². The minimum absolute atomic E-state index is 0.172. The van der Waals surface area contributed by atoms with Gasteiger partial charge in [-0.2, -0.15) is 0 Å². The molecule has 1 aliphatic rings. The van der Waals surface area contributed by atoms with Crippen LogP contribution in [0, 0.1) is 5.41 Å². The molecule has 0 bridgehead atoms. The van der Waals surface area contributed by atoms with E-state index in [2.05, 4.69) is 18.8 Å². The van der Waals surface area contributed by atoms with Gasteiger partial charge in [0.1, 0.15) is 0 Å². The highest BCUT2D eigenvalue weighted by Crippen LogP contribution is 2.37. The molecule has 2 heterocycles. The lowest BCUT2D eigenvalue weighted by Gasteiger charge is -2.26. The summed E-state index contributed by atoms with van der Waals surface area (Å²) in [6, 6.07) is 8.00. The molecule has 1 saturated heterocycles. The van der Waals surface area contributed by atoms with Crippen LogP contribution in [0.3, 0.4) is 0 Å². The molecule has 2 aromatic rings. The molecule has 0 spiro atoms. The van der Waals surface area contributed by atoms with Crippen LogP contribution in [-0.4, -0.2) is 28.9 Å². The molecule has 1 amide bonds. The van der Waals surface area contributed by atoms with Crippen LogP contribution < -0.4 is 0 Å². The van der Waals surface area contributed by atoms with Gasteiger partial charge in [0, 0.05) is 30.2 Å². The van der Waals surface area contributed by atoms with Gasteiger partial charge in [-0.25, -0.2) is 0 Å². The number of benzene rings is 1. The van der Waals surface area contributed by atoms with Crippen LogP contribution in [0.25, 0.3) is 10.9 Å². The molecule has 1 N–H and O–H groups in total. The van der Waals surface area contributed by atoms with Crippen molar-refractivity contribution >= 4 is 16.8 Å². The Kier molecular flexibility index (Phi) is 3.28. The van der Waals surface area contributed by atoms with Gasteiger partial charge in [-0.1, -0.05) is 32.0 Å². The fourth-order valence-corrected chi connectivity index (χ4v) is 3.35. The van der Waals surface area contributed by atoms with Crippen LogP contribution in [0.5, 0.6) is 0 Å². The van der Waals surface area contributed by atoms with Crippen molar-refractivity contribution in [1.82, 2.24) is 9.88 Å². The average molecular weight is 270 g/mol. The maximum Gasteiger partial charge on any atom is 0.256 e. The maximum atomic E-state index is 12.7. The minimum atomic E-state index is 0.172. The van der Waals surface area contributed by atoms with Gasteiger partial charge in [0.05, 0.1) is 5.56 Å². The third-order valence-corrected chi connectivity index (χ3v) is 5.05. The van der Waals surface area contributed by atoms with E-state index in [-0.39, 0.29) is 5.91 Å². The van der Waals surface area contributed by atoms with Crippen LogP contribution in [-0.2, 0) is 0 Å². The van der Waals surface area contributed by atoms with E-state index in [4.69, 9.17) is 0 Å². The van der Waals surface area contributed by atoms with Crippen molar-refractivity contribution in [2.45, 2.75) is 33.1 Å². The Morgan fingerprint density at radius 1 is 1.30 bits per heavy atom. The van der Waals surface area contributed by atoms with E-state index in [9.17, 15) is 4.79 Å². The predicted octanol–water partition coefficient (Wildman–Crippen LogP) is 3.82. The van der Waals surface area contributed by atoms with Crippen molar-refractivity contribution in [3.63, 3.8) is 0 Å². The number of hydrogen-bond donors (Lipinski definition) is 1. The second-order valence-electron chi connectivity index (χ2n) is 5.93. The molecule has 20 heavy (non-hydrogen) atoms. The van der Waals surface area contributed by atoms with E-state index in [0.717, 1.165) is 48.8 Å². The van der Waals surface area contributed by atoms with Crippen LogP contribution in [0.2, 0.25) is 0 Å². The van der Waals surface area contributed by atoms with E-state index < -0.39 is 0 Å². The summed E-state index contributed by atoms with van der Waals surface area (Å²) in [5.74, 6) is 0.172. The molecule has 1 aromatic carbocycles. The number of H-pyrrole nitrogens is 1. The number of aromatic amines is 1. The Hall–Kier alpha value is -1.77. The summed E-state index contributed by atoms with van der Waals surface area (Å²) >= 11 is 0. The number of fused-ring (bicyclic) bond motifs is 1. The van der Waals surface area contributed by atoms with Crippen LogP contribution in [0.4, 0.5) is 0 Å². The third kappa shape index (κ3) is 2.01. The number of likely N-dealkylation sites (tertiary alicyclic amines) is 1. The standard InChI is InChI=1S/C17H22N2O/c1-3-17(4-2)9-10-19(12-17)16(20)14-11-18-15-8-6-5-7-13(14)15/h5-8,11,18H,3-4,9-10,12H2,1-2H3. The van der Waals surface area contributed by atoms with Crippen molar-refractivity contribution in [3.8, 4) is 0 Å². The Morgan fingerprint density at radius 3 is 2.75 bits per heavy atom. The topological polar surface area (TPSA) is 36.1 Å². The summed E-state index contributed by atoms with van der Waals surface area (Å²) in [6.07, 6.45) is 5.29. The Labute approximate surface area is 120 Å². The van der Waals surface area contributed by atoms with Crippen molar-refractivity contribution in [3.05, 3.63) is 36.0 Å². The molecule has 1 aliphatic heterocycles. The lowest BCUT2D eigenvalue weighted by atomic mass is 9.82. The summed E-state index contributed by atoms with van der Waals surface area (Å²) in [6.45, 7) is 6.27. The van der Waals surface area contributed by atoms with Crippen molar-refractivity contribution in [2.75, 3.05) is 13.1 Å². The third-order valence-electron chi connectivity index (χ3n) is 5.05. The first-order valence-corrected chi connectivity index (χ1v) is 7.54. The van der Waals surface area contributed by atoms with E-state index >= 15 is 0 Å². The van der Waals surface area contributed by atoms with Gasteiger partial charge in [-0.3, -0.25) is 4.79 Å². The number of aromatic nitrogens is 1. The van der Waals surface area contributed by atoms with Gasteiger partial charge in [0.2, 0.25) is 0 Å². The molecule has 0 unspecified atom stereocenters. The fraction of sp³-hybridized carbons (Fsp3) is 0.471. The van der Waals surface area contributed by atoms with Crippen LogP contribution in [0.15, 0.2) is 30.5 Å². The highest BCUT2D eigenvalue weighted by Gasteiger charge is 2.37. The average Bonchev–Trinajstić information content (AvgIpc) is 3.11. The van der Waals surface area contributed by atoms with Gasteiger partial charge >= 0.3 is 0 Å². The number of carbonyl (C=O) groups is 1. The van der Waals surface area contributed by atoms with E-state index in [1.807, 2.05) is 35.4 Å². The molecule has 0 aliphatic carbocycles. The number of hydrogen-bond acceptors (Lipinski definition) is 1. The molecule has 3 rings (SSSR count). The van der Waals surface area contributed by atoms with Crippen LogP contribution in [0.1, 0.15) is 43.5 Å². The molecule has 0 atom stereocenters. The van der Waals surface area contributed by atoms with Gasteiger partial charge in [-0.15, -0.1) is 0 Å². The smallest absolute Gasteiger partial charge is 0.256 e. The van der Waals surface area contributed by atoms with Gasteiger partial charge in [-0.05, 0) is 30.7 Å². The second-order valence-corrected chi connectivity index (χ2v) is 5.93. The molecule has 0 saturated carbocycles. The van der Waals surface area contributed by atoms with E-state index in [1.54, 1.807) is 0 Å². The van der Waals surface area contributed by atoms with Crippen molar-refractivity contribution in [2.24, 2.45) is 5.41 Å². The van der Waals surface area contributed by atoms with Gasteiger partial charge in [0.15, 0.2) is 0 Å². The monoisotopic (exact) mass is 270 g/mol. The Morgan fingerprint density at radius 2 is 2.05 bits per heavy atom. The quantitative estimate of drug-likeness (QED) is 0.904. The molecule has 106 valence electrons. The first-order valence-electron chi connectivity index (χ1n) is 7.54. The summed E-state index contributed by atoms with van der Waals surface area (Å²) in [5, 5.41) is 1.03. The normalized spacial score (nSPS) is 17.8. The van der Waals surface area contributed by atoms with Crippen molar-refractivity contribution in [1.29, 1.82) is 0 Å². The number of rotatable bonds is 3. The number of nitrogens with one attached hydrogen (secondary N) is 1. The number of carbonyl (C=O) groups excluding carboxylic acids is 1. The minimum Gasteiger partial charge on any atom is -0.360 e. The predicted molar refractivity (Wildman–Crippen MR) is 81.8 cm³/mol.